The van der Waals surface area contributed by atoms with Crippen LogP contribution in [0.25, 0.3) is 0 Å². The van der Waals surface area contributed by atoms with Crippen LogP contribution in [0, 0.1) is 12.3 Å². The molecule has 0 bridgehead atoms. The van der Waals surface area contributed by atoms with E-state index in [1.807, 2.05) is 0 Å². The Bertz CT molecular complexity index is 437. The number of benzene rings is 1. The number of hydrogen-bond donors (Lipinski definition) is 1. The molecule has 0 aliphatic rings. The van der Waals surface area contributed by atoms with Crippen LogP contribution in [-0.4, -0.2) is 17.2 Å². The lowest BCUT2D eigenvalue weighted by molar-refractivity contribution is -0.144. The summed E-state index contributed by atoms with van der Waals surface area (Å²) in [6.07, 6.45) is 4.07. The molecule has 0 heterocycles. The number of terminal acetylenes is 1. The van der Waals surface area contributed by atoms with E-state index in [9.17, 15) is 4.79 Å². The normalized spacial score (nSPS) is 11.6. The van der Waals surface area contributed by atoms with Gasteiger partial charge in [0.2, 0.25) is 6.10 Å². The molecule has 0 amide bonds. The predicted molar refractivity (Wildman–Crippen MR) is 67.3 cm³/mol. The second-order valence-electron chi connectivity index (χ2n) is 2.93. The Hall–Kier alpha value is -0.990. The van der Waals surface area contributed by atoms with Gasteiger partial charge in [0.15, 0.2) is 0 Å². The summed E-state index contributed by atoms with van der Waals surface area (Å²) in [7, 11) is 0. The second-order valence-corrected chi connectivity index (χ2v) is 4.70. The lowest BCUT2D eigenvalue weighted by Gasteiger charge is -2.13. The summed E-state index contributed by atoms with van der Waals surface area (Å²) in [4.78, 5) is 10.8. The molecule has 0 aromatic heterocycles. The minimum absolute atomic E-state index is 0.0256. The minimum atomic E-state index is -1.08. The van der Waals surface area contributed by atoms with Crippen LogP contribution < -0.4 is 4.74 Å². The first-order chi connectivity index (χ1) is 7.54. The molecule has 1 N–H and O–H groups in total. The number of aliphatic carboxylic acids is 1. The molecule has 5 heteroatoms. The van der Waals surface area contributed by atoms with Crippen LogP contribution in [0.4, 0.5) is 0 Å². The number of ether oxygens (including phenoxy) is 1. The lowest BCUT2D eigenvalue weighted by Crippen LogP contribution is -2.26. The Morgan fingerprint density at radius 2 is 2.25 bits per heavy atom. The van der Waals surface area contributed by atoms with Gasteiger partial charge in [0.1, 0.15) is 5.75 Å². The third-order valence-corrected chi connectivity index (χ3v) is 2.85. The molecule has 0 unspecified atom stereocenters. The van der Waals surface area contributed by atoms with Crippen LogP contribution in [0.1, 0.15) is 6.42 Å². The summed E-state index contributed by atoms with van der Waals surface area (Å²) < 4.78 is 6.83. The smallest absolute Gasteiger partial charge is 0.345 e. The Kier molecular flexibility index (Phi) is 4.84. The number of carboxylic acids is 1. The van der Waals surface area contributed by atoms with Crippen LogP contribution in [-0.2, 0) is 4.79 Å². The van der Waals surface area contributed by atoms with Gasteiger partial charge in [-0.05, 0) is 34.1 Å². The van der Waals surface area contributed by atoms with Crippen LogP contribution in [0.5, 0.6) is 5.75 Å². The molecule has 0 aliphatic heterocycles. The standard InChI is InChI=1S/C11H8Br2O3/c1-2-3-10(11(14)15)16-9-5-4-7(12)6-8(9)13/h1,4-6,10H,3H2,(H,14,15)/t10-/m0/s1. The molecule has 0 saturated heterocycles. The zero-order valence-electron chi connectivity index (χ0n) is 8.11. The van der Waals surface area contributed by atoms with Crippen molar-refractivity contribution >= 4 is 37.8 Å². The third-order valence-electron chi connectivity index (χ3n) is 1.74. The van der Waals surface area contributed by atoms with E-state index in [2.05, 4.69) is 37.8 Å². The van der Waals surface area contributed by atoms with Gasteiger partial charge in [0.25, 0.3) is 0 Å². The van der Waals surface area contributed by atoms with Gasteiger partial charge in [0.05, 0.1) is 10.9 Å². The van der Waals surface area contributed by atoms with Gasteiger partial charge < -0.3 is 9.84 Å². The fourth-order valence-electron chi connectivity index (χ4n) is 1.01. The molecular weight excluding hydrogens is 340 g/mol. The topological polar surface area (TPSA) is 46.5 Å². The average Bonchev–Trinajstić information content (AvgIpc) is 2.20. The van der Waals surface area contributed by atoms with E-state index < -0.39 is 12.1 Å². The molecule has 1 aromatic carbocycles. The highest BCUT2D eigenvalue weighted by atomic mass is 79.9. The molecule has 1 atom stereocenters. The van der Waals surface area contributed by atoms with Crippen LogP contribution >= 0.6 is 31.9 Å². The maximum atomic E-state index is 10.8. The van der Waals surface area contributed by atoms with Crippen molar-refractivity contribution in [3.8, 4) is 18.1 Å². The van der Waals surface area contributed by atoms with Crippen LogP contribution in [0.15, 0.2) is 27.1 Å². The highest BCUT2D eigenvalue weighted by molar-refractivity contribution is 9.11. The van der Waals surface area contributed by atoms with Gasteiger partial charge in [-0.25, -0.2) is 4.79 Å². The second kappa shape index (κ2) is 5.92. The minimum Gasteiger partial charge on any atom is -0.478 e. The van der Waals surface area contributed by atoms with Gasteiger partial charge in [-0.3, -0.25) is 0 Å². The van der Waals surface area contributed by atoms with Crippen LogP contribution in [0.3, 0.4) is 0 Å². The molecular formula is C11H8Br2O3. The summed E-state index contributed by atoms with van der Waals surface area (Å²) in [6.45, 7) is 0. The largest absolute Gasteiger partial charge is 0.478 e. The molecule has 0 saturated carbocycles. The first-order valence-corrected chi connectivity index (χ1v) is 5.91. The maximum Gasteiger partial charge on any atom is 0.345 e. The van der Waals surface area contributed by atoms with Crippen molar-refractivity contribution in [3.05, 3.63) is 27.1 Å². The molecule has 84 valence electrons. The molecule has 1 aromatic rings. The summed E-state index contributed by atoms with van der Waals surface area (Å²) in [5.41, 5.74) is 0. The zero-order valence-corrected chi connectivity index (χ0v) is 11.3. The lowest BCUT2D eigenvalue weighted by atomic mass is 10.2. The third kappa shape index (κ3) is 3.54. The van der Waals surface area contributed by atoms with Gasteiger partial charge in [-0.2, -0.15) is 0 Å². The van der Waals surface area contributed by atoms with Crippen LogP contribution in [0.2, 0.25) is 0 Å². The summed E-state index contributed by atoms with van der Waals surface area (Å²) in [5, 5.41) is 8.87. The van der Waals surface area contributed by atoms with Crippen molar-refractivity contribution in [1.82, 2.24) is 0 Å². The molecule has 0 fully saturated rings. The monoisotopic (exact) mass is 346 g/mol. The van der Waals surface area contributed by atoms with E-state index in [0.29, 0.717) is 10.2 Å². The van der Waals surface area contributed by atoms with Gasteiger partial charge in [-0.15, -0.1) is 12.3 Å². The van der Waals surface area contributed by atoms with Gasteiger partial charge in [0, 0.05) is 4.47 Å². The highest BCUT2D eigenvalue weighted by Gasteiger charge is 2.19. The van der Waals surface area contributed by atoms with E-state index in [1.54, 1.807) is 18.2 Å². The average molecular weight is 348 g/mol. The molecule has 0 spiro atoms. The number of halogens is 2. The van der Waals surface area contributed by atoms with E-state index in [0.717, 1.165) is 4.47 Å². The molecule has 3 nitrogen and oxygen atoms in total. The van der Waals surface area contributed by atoms with Crippen molar-refractivity contribution in [2.45, 2.75) is 12.5 Å². The summed E-state index contributed by atoms with van der Waals surface area (Å²) in [5.74, 6) is 1.64. The summed E-state index contributed by atoms with van der Waals surface area (Å²) >= 11 is 6.56. The van der Waals surface area contributed by atoms with E-state index in [4.69, 9.17) is 16.3 Å². The number of hydrogen-bond acceptors (Lipinski definition) is 2. The van der Waals surface area contributed by atoms with E-state index >= 15 is 0 Å². The first-order valence-electron chi connectivity index (χ1n) is 4.32. The number of rotatable bonds is 4. The van der Waals surface area contributed by atoms with E-state index in [-0.39, 0.29) is 6.42 Å². The first kappa shape index (κ1) is 13.1. The van der Waals surface area contributed by atoms with Crippen molar-refractivity contribution in [3.63, 3.8) is 0 Å². The molecule has 16 heavy (non-hydrogen) atoms. The fourth-order valence-corrected chi connectivity index (χ4v) is 2.15. The van der Waals surface area contributed by atoms with Crippen molar-refractivity contribution in [1.29, 1.82) is 0 Å². The quantitative estimate of drug-likeness (QED) is 0.851. The molecule has 0 aliphatic carbocycles. The Labute approximate surface area is 110 Å². The van der Waals surface area contributed by atoms with Gasteiger partial charge >= 0.3 is 5.97 Å². The number of carbonyl (C=O) groups is 1. The SMILES string of the molecule is C#CC[C@H](Oc1ccc(Br)cc1Br)C(=O)O. The Morgan fingerprint density at radius 3 is 2.75 bits per heavy atom. The molecule has 0 radical (unpaired) electrons. The van der Waals surface area contributed by atoms with Crippen molar-refractivity contribution in [2.75, 3.05) is 0 Å². The maximum absolute atomic E-state index is 10.8. The number of carboxylic acid groups (broad SMARTS) is 1. The predicted octanol–water partition coefficient (Wildman–Crippen LogP) is 3.07. The zero-order chi connectivity index (χ0) is 12.1. The summed E-state index contributed by atoms with van der Waals surface area (Å²) in [6, 6.07) is 5.19. The highest BCUT2D eigenvalue weighted by Crippen LogP contribution is 2.29. The Balaban J connectivity index is 2.86. The van der Waals surface area contributed by atoms with E-state index in [1.165, 1.54) is 0 Å². The Morgan fingerprint density at radius 1 is 1.56 bits per heavy atom. The van der Waals surface area contributed by atoms with Crippen molar-refractivity contribution < 1.29 is 14.6 Å². The van der Waals surface area contributed by atoms with Crippen molar-refractivity contribution in [2.24, 2.45) is 0 Å². The fraction of sp³-hybridized carbons (Fsp3) is 0.182. The molecule has 1 rings (SSSR count). The van der Waals surface area contributed by atoms with Gasteiger partial charge in [-0.1, -0.05) is 15.9 Å².